The molecule has 0 bridgehead atoms. The van der Waals surface area contributed by atoms with Crippen LogP contribution in [0.15, 0.2) is 27.3 Å². The number of rotatable bonds is 6. The Labute approximate surface area is 120 Å². The number of ether oxygens (including phenoxy) is 1. The first-order chi connectivity index (χ1) is 9.01. The lowest BCUT2D eigenvalue weighted by atomic mass is 10.2. The van der Waals surface area contributed by atoms with Gasteiger partial charge in [-0.1, -0.05) is 6.92 Å². The summed E-state index contributed by atoms with van der Waals surface area (Å²) < 4.78 is 10.5. The predicted octanol–water partition coefficient (Wildman–Crippen LogP) is 2.51. The molecule has 0 aliphatic carbocycles. The van der Waals surface area contributed by atoms with E-state index in [0.717, 1.165) is 6.42 Å². The number of nitrogens with one attached hydrogen (secondary N) is 1. The van der Waals surface area contributed by atoms with Crippen LogP contribution in [0.4, 0.5) is 0 Å². The summed E-state index contributed by atoms with van der Waals surface area (Å²) in [5.74, 6) is -0.378. The van der Waals surface area contributed by atoms with E-state index in [1.54, 1.807) is 12.1 Å². The van der Waals surface area contributed by atoms with Crippen LogP contribution in [-0.4, -0.2) is 24.5 Å². The summed E-state index contributed by atoms with van der Waals surface area (Å²) in [5.41, 5.74) is 0. The number of esters is 1. The van der Waals surface area contributed by atoms with Crippen LogP contribution in [0.2, 0.25) is 0 Å². The van der Waals surface area contributed by atoms with Crippen molar-refractivity contribution in [3.63, 3.8) is 0 Å². The van der Waals surface area contributed by atoms with Gasteiger partial charge in [0.05, 0.1) is 0 Å². The first-order valence-corrected chi connectivity index (χ1v) is 6.70. The fraction of sp³-hybridized carbons (Fsp3) is 0.385. The van der Waals surface area contributed by atoms with Gasteiger partial charge in [0.15, 0.2) is 11.3 Å². The standard InChI is InChI=1S/C13H16BrNO4/c1-3-9(2)15-12(16)8-18-13(17)7-5-10-4-6-11(14)19-10/h4-7,9H,3,8H2,1-2H3,(H,15,16)/b7-5+. The largest absolute Gasteiger partial charge is 0.452 e. The minimum atomic E-state index is -0.591. The number of hydrogen-bond donors (Lipinski definition) is 1. The van der Waals surface area contributed by atoms with Crippen molar-refractivity contribution in [2.24, 2.45) is 0 Å². The quantitative estimate of drug-likeness (QED) is 0.643. The zero-order valence-corrected chi connectivity index (χ0v) is 12.4. The van der Waals surface area contributed by atoms with Crippen LogP contribution in [0.5, 0.6) is 0 Å². The predicted molar refractivity (Wildman–Crippen MR) is 74.3 cm³/mol. The molecule has 0 saturated heterocycles. The van der Waals surface area contributed by atoms with Crippen molar-refractivity contribution in [1.82, 2.24) is 5.32 Å². The van der Waals surface area contributed by atoms with Crippen molar-refractivity contribution in [2.45, 2.75) is 26.3 Å². The molecular weight excluding hydrogens is 314 g/mol. The summed E-state index contributed by atoms with van der Waals surface area (Å²) in [5, 5.41) is 2.70. The lowest BCUT2D eigenvalue weighted by molar-refractivity contribution is -0.144. The Kier molecular flexibility index (Phi) is 6.35. The van der Waals surface area contributed by atoms with Gasteiger partial charge in [0, 0.05) is 12.1 Å². The van der Waals surface area contributed by atoms with Crippen molar-refractivity contribution in [1.29, 1.82) is 0 Å². The second kappa shape index (κ2) is 7.78. The number of amides is 1. The average Bonchev–Trinajstić information content (AvgIpc) is 2.79. The molecule has 6 heteroatoms. The second-order valence-electron chi connectivity index (χ2n) is 3.96. The Morgan fingerprint density at radius 1 is 1.53 bits per heavy atom. The first-order valence-electron chi connectivity index (χ1n) is 5.90. The molecule has 0 fully saturated rings. The topological polar surface area (TPSA) is 68.5 Å². The highest BCUT2D eigenvalue weighted by atomic mass is 79.9. The molecule has 0 aliphatic heterocycles. The molecule has 104 valence electrons. The molecule has 1 atom stereocenters. The van der Waals surface area contributed by atoms with Crippen molar-refractivity contribution < 1.29 is 18.7 Å². The van der Waals surface area contributed by atoms with Crippen LogP contribution in [0.25, 0.3) is 6.08 Å². The highest BCUT2D eigenvalue weighted by Crippen LogP contribution is 2.14. The molecule has 1 rings (SSSR count). The first kappa shape index (κ1) is 15.5. The molecule has 5 nitrogen and oxygen atoms in total. The van der Waals surface area contributed by atoms with E-state index in [4.69, 9.17) is 9.15 Å². The number of furan rings is 1. The zero-order valence-electron chi connectivity index (χ0n) is 10.8. The van der Waals surface area contributed by atoms with Gasteiger partial charge in [0.25, 0.3) is 5.91 Å². The van der Waals surface area contributed by atoms with Crippen molar-refractivity contribution >= 4 is 33.9 Å². The average molecular weight is 330 g/mol. The van der Waals surface area contributed by atoms with E-state index in [1.165, 1.54) is 12.2 Å². The third-order valence-corrected chi connectivity index (χ3v) is 2.77. The molecule has 0 aliphatic rings. The van der Waals surface area contributed by atoms with E-state index in [2.05, 4.69) is 21.2 Å². The van der Waals surface area contributed by atoms with Gasteiger partial charge in [0.1, 0.15) is 5.76 Å². The highest BCUT2D eigenvalue weighted by Gasteiger charge is 2.07. The van der Waals surface area contributed by atoms with Crippen LogP contribution in [0.1, 0.15) is 26.0 Å². The minimum absolute atomic E-state index is 0.0715. The summed E-state index contributed by atoms with van der Waals surface area (Å²) >= 11 is 3.15. The molecule has 0 aromatic carbocycles. The van der Waals surface area contributed by atoms with Gasteiger partial charge in [-0.25, -0.2) is 4.79 Å². The molecular formula is C13H16BrNO4. The summed E-state index contributed by atoms with van der Waals surface area (Å²) in [6.45, 7) is 3.56. The third-order valence-electron chi connectivity index (χ3n) is 2.34. The zero-order chi connectivity index (χ0) is 14.3. The maximum absolute atomic E-state index is 11.4. The summed E-state index contributed by atoms with van der Waals surface area (Å²) in [6, 6.07) is 3.48. The number of hydrogen-bond acceptors (Lipinski definition) is 4. The SMILES string of the molecule is CCC(C)NC(=O)COC(=O)/C=C/c1ccc(Br)o1. The van der Waals surface area contributed by atoms with E-state index < -0.39 is 5.97 Å². The Morgan fingerprint density at radius 2 is 2.26 bits per heavy atom. The molecule has 1 heterocycles. The van der Waals surface area contributed by atoms with Gasteiger partial charge in [-0.15, -0.1) is 0 Å². The van der Waals surface area contributed by atoms with Crippen molar-refractivity contribution in [3.05, 3.63) is 28.6 Å². The Hall–Kier alpha value is -1.56. The Bertz CT molecular complexity index is 467. The second-order valence-corrected chi connectivity index (χ2v) is 4.74. The molecule has 0 spiro atoms. The van der Waals surface area contributed by atoms with Gasteiger partial charge < -0.3 is 14.5 Å². The molecule has 1 unspecified atom stereocenters. The molecule has 1 aromatic heterocycles. The van der Waals surface area contributed by atoms with E-state index in [0.29, 0.717) is 10.4 Å². The summed E-state index contributed by atoms with van der Waals surface area (Å²) in [6.07, 6.45) is 3.51. The van der Waals surface area contributed by atoms with E-state index in [-0.39, 0.29) is 18.6 Å². The van der Waals surface area contributed by atoms with Crippen LogP contribution in [0.3, 0.4) is 0 Å². The third kappa shape index (κ3) is 6.24. The van der Waals surface area contributed by atoms with Crippen LogP contribution < -0.4 is 5.32 Å². The molecule has 1 amide bonds. The van der Waals surface area contributed by atoms with E-state index in [1.807, 2.05) is 13.8 Å². The molecule has 0 radical (unpaired) electrons. The van der Waals surface area contributed by atoms with Gasteiger partial charge >= 0.3 is 5.97 Å². The smallest absolute Gasteiger partial charge is 0.331 e. The highest BCUT2D eigenvalue weighted by molar-refractivity contribution is 9.10. The van der Waals surface area contributed by atoms with Crippen molar-refractivity contribution in [2.75, 3.05) is 6.61 Å². The van der Waals surface area contributed by atoms with Gasteiger partial charge in [-0.05, 0) is 47.5 Å². The van der Waals surface area contributed by atoms with Crippen LogP contribution in [0, 0.1) is 0 Å². The summed E-state index contributed by atoms with van der Waals surface area (Å²) in [4.78, 5) is 22.7. The van der Waals surface area contributed by atoms with Crippen LogP contribution >= 0.6 is 15.9 Å². The lowest BCUT2D eigenvalue weighted by Gasteiger charge is -2.10. The Morgan fingerprint density at radius 3 is 2.84 bits per heavy atom. The van der Waals surface area contributed by atoms with Crippen molar-refractivity contribution in [3.8, 4) is 0 Å². The number of halogens is 1. The van der Waals surface area contributed by atoms with Gasteiger partial charge in [-0.2, -0.15) is 0 Å². The number of carbonyl (C=O) groups excluding carboxylic acids is 2. The number of carbonyl (C=O) groups is 2. The summed E-state index contributed by atoms with van der Waals surface area (Å²) in [7, 11) is 0. The molecule has 1 N–H and O–H groups in total. The molecule has 1 aromatic rings. The maximum atomic E-state index is 11.4. The van der Waals surface area contributed by atoms with Gasteiger partial charge in [0.2, 0.25) is 0 Å². The van der Waals surface area contributed by atoms with E-state index in [9.17, 15) is 9.59 Å². The normalized spacial score (nSPS) is 12.4. The maximum Gasteiger partial charge on any atom is 0.331 e. The fourth-order valence-electron chi connectivity index (χ4n) is 1.17. The Balaban J connectivity index is 2.32. The minimum Gasteiger partial charge on any atom is -0.452 e. The van der Waals surface area contributed by atoms with E-state index >= 15 is 0 Å². The molecule has 0 saturated carbocycles. The fourth-order valence-corrected chi connectivity index (χ4v) is 1.49. The van der Waals surface area contributed by atoms with Gasteiger partial charge in [-0.3, -0.25) is 4.79 Å². The molecule has 19 heavy (non-hydrogen) atoms. The van der Waals surface area contributed by atoms with Crippen LogP contribution in [-0.2, 0) is 14.3 Å². The monoisotopic (exact) mass is 329 g/mol. The lowest BCUT2D eigenvalue weighted by Crippen LogP contribution is -2.35.